The van der Waals surface area contributed by atoms with Gasteiger partial charge in [-0.05, 0) is 42.5 Å². The quantitative estimate of drug-likeness (QED) is 0.672. The molecular formula is C18H22N2O6S. The van der Waals surface area contributed by atoms with Gasteiger partial charge in [0.2, 0.25) is 15.9 Å². The molecule has 0 saturated heterocycles. The summed E-state index contributed by atoms with van der Waals surface area (Å²) in [5, 5.41) is 2.60. The highest BCUT2D eigenvalue weighted by Crippen LogP contribution is 2.25. The van der Waals surface area contributed by atoms with E-state index in [0.29, 0.717) is 28.5 Å². The Morgan fingerprint density at radius 3 is 2.15 bits per heavy atom. The van der Waals surface area contributed by atoms with Gasteiger partial charge in [-0.2, -0.15) is 0 Å². The molecule has 0 heterocycles. The summed E-state index contributed by atoms with van der Waals surface area (Å²) in [7, 11) is 0.725. The molecule has 0 unspecified atom stereocenters. The third-order valence-electron chi connectivity index (χ3n) is 3.66. The maximum atomic E-state index is 12.3. The van der Waals surface area contributed by atoms with Crippen molar-refractivity contribution in [2.24, 2.45) is 0 Å². The van der Waals surface area contributed by atoms with Crippen LogP contribution in [-0.2, 0) is 20.6 Å². The molecule has 2 N–H and O–H groups in total. The zero-order valence-corrected chi connectivity index (χ0v) is 16.1. The fourth-order valence-electron chi connectivity index (χ4n) is 2.31. The second kappa shape index (κ2) is 9.24. The number of hydrogen-bond donors (Lipinski definition) is 2. The molecule has 1 amide bonds. The lowest BCUT2D eigenvalue weighted by Gasteiger charge is -2.12. The molecule has 27 heavy (non-hydrogen) atoms. The fourth-order valence-corrected chi connectivity index (χ4v) is 3.39. The Kier molecular flexibility index (Phi) is 7.03. The number of amides is 1. The number of nitrogens with one attached hydrogen (secondary N) is 2. The third kappa shape index (κ3) is 6.15. The first kappa shape index (κ1) is 20.5. The second-order valence-electron chi connectivity index (χ2n) is 5.53. The predicted octanol–water partition coefficient (Wildman–Crippen LogP) is 1.77. The first-order valence-electron chi connectivity index (χ1n) is 7.99. The van der Waals surface area contributed by atoms with Gasteiger partial charge in [-0.1, -0.05) is 0 Å². The van der Waals surface area contributed by atoms with Gasteiger partial charge in [-0.3, -0.25) is 4.79 Å². The van der Waals surface area contributed by atoms with E-state index in [-0.39, 0.29) is 12.3 Å². The summed E-state index contributed by atoms with van der Waals surface area (Å²) in [6, 6.07) is 11.6. The van der Waals surface area contributed by atoms with Crippen LogP contribution in [0.1, 0.15) is 5.56 Å². The molecule has 2 aromatic rings. The van der Waals surface area contributed by atoms with Crippen LogP contribution >= 0.6 is 0 Å². The molecule has 0 aliphatic heterocycles. The Morgan fingerprint density at radius 1 is 0.926 bits per heavy atom. The van der Waals surface area contributed by atoms with Crippen LogP contribution < -0.4 is 24.2 Å². The van der Waals surface area contributed by atoms with Crippen molar-refractivity contribution in [1.82, 2.24) is 4.72 Å². The van der Waals surface area contributed by atoms with E-state index >= 15 is 0 Å². The van der Waals surface area contributed by atoms with Crippen molar-refractivity contribution in [2.45, 2.75) is 5.75 Å². The van der Waals surface area contributed by atoms with E-state index in [2.05, 4.69) is 10.0 Å². The largest absolute Gasteiger partial charge is 0.497 e. The number of rotatable bonds is 9. The minimum atomic E-state index is -3.76. The highest BCUT2D eigenvalue weighted by Gasteiger charge is 2.17. The van der Waals surface area contributed by atoms with Crippen molar-refractivity contribution in [3.05, 3.63) is 48.0 Å². The fraction of sp³-hybridized carbons (Fsp3) is 0.278. The lowest BCUT2D eigenvalue weighted by atomic mass is 10.2. The Morgan fingerprint density at radius 2 is 1.56 bits per heavy atom. The summed E-state index contributed by atoms with van der Waals surface area (Å²) in [6.07, 6.45) is 0. The van der Waals surface area contributed by atoms with Crippen LogP contribution in [0.4, 0.5) is 5.69 Å². The molecule has 0 atom stereocenters. The molecule has 0 bridgehead atoms. The zero-order valence-electron chi connectivity index (χ0n) is 15.3. The number of anilines is 1. The molecule has 0 fully saturated rings. The zero-order chi connectivity index (χ0) is 19.9. The van der Waals surface area contributed by atoms with Gasteiger partial charge in [-0.15, -0.1) is 0 Å². The number of carbonyl (C=O) groups is 1. The van der Waals surface area contributed by atoms with E-state index in [0.717, 1.165) is 0 Å². The van der Waals surface area contributed by atoms with E-state index in [1.54, 1.807) is 49.6 Å². The minimum Gasteiger partial charge on any atom is -0.497 e. The summed E-state index contributed by atoms with van der Waals surface area (Å²) >= 11 is 0. The van der Waals surface area contributed by atoms with Crippen molar-refractivity contribution in [2.75, 3.05) is 33.2 Å². The highest BCUT2D eigenvalue weighted by atomic mass is 32.2. The average molecular weight is 394 g/mol. The summed E-state index contributed by atoms with van der Waals surface area (Å²) < 4.78 is 42.2. The maximum absolute atomic E-state index is 12.3. The molecule has 0 spiro atoms. The van der Waals surface area contributed by atoms with Crippen molar-refractivity contribution >= 4 is 21.6 Å². The van der Waals surface area contributed by atoms with E-state index in [1.165, 1.54) is 14.2 Å². The van der Waals surface area contributed by atoms with Crippen molar-refractivity contribution in [3.8, 4) is 17.2 Å². The molecule has 0 radical (unpaired) electrons. The van der Waals surface area contributed by atoms with Gasteiger partial charge in [0.15, 0.2) is 0 Å². The van der Waals surface area contributed by atoms with E-state index < -0.39 is 15.9 Å². The number of benzene rings is 2. The molecule has 9 heteroatoms. The highest BCUT2D eigenvalue weighted by molar-refractivity contribution is 7.88. The van der Waals surface area contributed by atoms with Crippen LogP contribution in [-0.4, -0.2) is 42.2 Å². The summed E-state index contributed by atoms with van der Waals surface area (Å²) in [4.78, 5) is 12.0. The minimum absolute atomic E-state index is 0.344. The molecule has 2 rings (SSSR count). The van der Waals surface area contributed by atoms with Gasteiger partial charge in [0, 0.05) is 11.3 Å². The molecule has 0 aliphatic carbocycles. The van der Waals surface area contributed by atoms with Crippen LogP contribution in [0.5, 0.6) is 17.2 Å². The Bertz CT molecular complexity index is 881. The monoisotopic (exact) mass is 394 g/mol. The Hall–Kier alpha value is -2.78. The van der Waals surface area contributed by atoms with Crippen LogP contribution in [0.15, 0.2) is 42.5 Å². The van der Waals surface area contributed by atoms with Gasteiger partial charge in [0.05, 0.1) is 33.6 Å². The summed E-state index contributed by atoms with van der Waals surface area (Å²) in [5.41, 5.74) is 0.967. The van der Waals surface area contributed by atoms with E-state index in [4.69, 9.17) is 14.2 Å². The lowest BCUT2D eigenvalue weighted by molar-refractivity contribution is -0.115. The average Bonchev–Trinajstić information content (AvgIpc) is 2.66. The first-order chi connectivity index (χ1) is 12.9. The molecule has 8 nitrogen and oxygen atoms in total. The molecular weight excluding hydrogens is 372 g/mol. The number of ether oxygens (including phenoxy) is 3. The standard InChI is InChI=1S/C18H22N2O6S/c1-24-15-6-4-14(5-7-15)20-18(21)11-19-27(22,23)12-13-10-16(25-2)8-9-17(13)26-3/h4-10,19H,11-12H2,1-3H3,(H,20,21). The Balaban J connectivity index is 1.96. The number of hydrogen-bond acceptors (Lipinski definition) is 6. The van der Waals surface area contributed by atoms with Crippen molar-refractivity contribution < 1.29 is 27.4 Å². The van der Waals surface area contributed by atoms with Crippen LogP contribution in [0.2, 0.25) is 0 Å². The first-order valence-corrected chi connectivity index (χ1v) is 9.64. The molecule has 0 saturated carbocycles. The molecule has 146 valence electrons. The second-order valence-corrected chi connectivity index (χ2v) is 7.34. The number of sulfonamides is 1. The van der Waals surface area contributed by atoms with Gasteiger partial charge in [0.1, 0.15) is 17.2 Å². The van der Waals surface area contributed by atoms with Gasteiger partial charge in [0.25, 0.3) is 0 Å². The maximum Gasteiger partial charge on any atom is 0.239 e. The molecule has 2 aromatic carbocycles. The van der Waals surface area contributed by atoms with Crippen molar-refractivity contribution in [3.63, 3.8) is 0 Å². The number of carbonyl (C=O) groups excluding carboxylic acids is 1. The predicted molar refractivity (Wildman–Crippen MR) is 102 cm³/mol. The van der Waals surface area contributed by atoms with Crippen molar-refractivity contribution in [1.29, 1.82) is 0 Å². The normalized spacial score (nSPS) is 10.9. The number of methoxy groups -OCH3 is 3. The van der Waals surface area contributed by atoms with Gasteiger partial charge in [-0.25, -0.2) is 13.1 Å². The van der Waals surface area contributed by atoms with E-state index in [1.807, 2.05) is 0 Å². The van der Waals surface area contributed by atoms with Crippen LogP contribution in [0.3, 0.4) is 0 Å². The van der Waals surface area contributed by atoms with E-state index in [9.17, 15) is 13.2 Å². The molecule has 0 aliphatic rings. The molecule has 0 aromatic heterocycles. The Labute approximate surface area is 158 Å². The van der Waals surface area contributed by atoms with Crippen LogP contribution in [0.25, 0.3) is 0 Å². The third-order valence-corrected chi connectivity index (χ3v) is 4.93. The SMILES string of the molecule is COc1ccc(NC(=O)CNS(=O)(=O)Cc2cc(OC)ccc2OC)cc1. The smallest absolute Gasteiger partial charge is 0.239 e. The summed E-state index contributed by atoms with van der Waals surface area (Å²) in [5.74, 6) is 0.757. The summed E-state index contributed by atoms with van der Waals surface area (Å²) in [6.45, 7) is -0.388. The van der Waals surface area contributed by atoms with Crippen LogP contribution in [0, 0.1) is 0 Å². The van der Waals surface area contributed by atoms with Gasteiger partial charge < -0.3 is 19.5 Å². The van der Waals surface area contributed by atoms with Gasteiger partial charge >= 0.3 is 0 Å². The topological polar surface area (TPSA) is 103 Å². The lowest BCUT2D eigenvalue weighted by Crippen LogP contribution is -2.33.